The summed E-state index contributed by atoms with van der Waals surface area (Å²) < 4.78 is 38.7. The number of hydrogen-bond acceptors (Lipinski definition) is 6. The molecule has 0 heterocycles. The van der Waals surface area contributed by atoms with Crippen molar-refractivity contribution in [3.8, 4) is 16.9 Å². The molecular formula is C29H35NO5S2. The summed E-state index contributed by atoms with van der Waals surface area (Å²) in [5.41, 5.74) is 3.50. The van der Waals surface area contributed by atoms with Crippen molar-refractivity contribution in [2.75, 3.05) is 26.5 Å². The van der Waals surface area contributed by atoms with Gasteiger partial charge in [0.25, 0.3) is 0 Å². The third kappa shape index (κ3) is 7.84. The summed E-state index contributed by atoms with van der Waals surface area (Å²) in [5, 5.41) is 0. The molecule has 3 aromatic rings. The Morgan fingerprint density at radius 3 is 2.08 bits per heavy atom. The summed E-state index contributed by atoms with van der Waals surface area (Å²) in [6, 6.07) is 23.9. The first kappa shape index (κ1) is 28.8. The van der Waals surface area contributed by atoms with E-state index in [-0.39, 0.29) is 17.4 Å². The van der Waals surface area contributed by atoms with Crippen LogP contribution in [0.2, 0.25) is 0 Å². The van der Waals surface area contributed by atoms with Gasteiger partial charge in [0.15, 0.2) is 0 Å². The molecule has 37 heavy (non-hydrogen) atoms. The van der Waals surface area contributed by atoms with Crippen molar-refractivity contribution in [2.45, 2.75) is 37.0 Å². The monoisotopic (exact) mass is 541 g/mol. The van der Waals surface area contributed by atoms with E-state index in [1.165, 1.54) is 41.8 Å². The maximum Gasteiger partial charge on any atom is 0.324 e. The molecule has 0 N–H and O–H groups in total. The highest BCUT2D eigenvalue weighted by atomic mass is 32.2. The molecule has 0 aliphatic carbocycles. The van der Waals surface area contributed by atoms with Crippen LogP contribution in [0, 0.1) is 5.92 Å². The number of nitrogens with zero attached hydrogens (tertiary/aromatic N) is 1. The summed E-state index contributed by atoms with van der Waals surface area (Å²) >= 11 is 1.67. The van der Waals surface area contributed by atoms with E-state index in [1.807, 2.05) is 32.0 Å². The van der Waals surface area contributed by atoms with Gasteiger partial charge >= 0.3 is 5.97 Å². The third-order valence-corrected chi connectivity index (χ3v) is 8.85. The third-order valence-electron chi connectivity index (χ3n) is 5.90. The van der Waals surface area contributed by atoms with Crippen molar-refractivity contribution >= 4 is 27.8 Å². The molecular weight excluding hydrogens is 506 g/mol. The van der Waals surface area contributed by atoms with E-state index in [0.29, 0.717) is 17.9 Å². The lowest BCUT2D eigenvalue weighted by Gasteiger charge is -2.30. The van der Waals surface area contributed by atoms with E-state index < -0.39 is 22.0 Å². The highest BCUT2D eigenvalue weighted by Crippen LogP contribution is 2.26. The lowest BCUT2D eigenvalue weighted by Crippen LogP contribution is -2.47. The largest absolute Gasteiger partial charge is 0.497 e. The Bertz CT molecular complexity index is 1230. The standard InChI is InChI=1S/C29H35NO5S2/c1-22(2)20-30(37(32,33)27-16-14-26(34-3)15-17-27)28(29(31)35-4)18-19-36-21-23-10-12-25(13-11-23)24-8-6-5-7-9-24/h5-17,22,28H,18-21H2,1-4H3. The Hall–Kier alpha value is -2.81. The van der Waals surface area contributed by atoms with Gasteiger partial charge in [0.1, 0.15) is 11.8 Å². The van der Waals surface area contributed by atoms with Crippen LogP contribution < -0.4 is 4.74 Å². The lowest BCUT2D eigenvalue weighted by molar-refractivity contribution is -0.145. The summed E-state index contributed by atoms with van der Waals surface area (Å²) in [6.45, 7) is 4.07. The number of ether oxygens (including phenoxy) is 2. The zero-order valence-corrected chi connectivity index (χ0v) is 23.4. The quantitative estimate of drug-likeness (QED) is 0.199. The molecule has 0 fully saturated rings. The molecule has 8 heteroatoms. The number of methoxy groups -OCH3 is 2. The second-order valence-electron chi connectivity index (χ2n) is 9.09. The summed E-state index contributed by atoms with van der Waals surface area (Å²) in [6.07, 6.45) is 0.349. The molecule has 6 nitrogen and oxygen atoms in total. The molecule has 198 valence electrons. The molecule has 0 radical (unpaired) electrons. The number of esters is 1. The van der Waals surface area contributed by atoms with Gasteiger partial charge in [-0.25, -0.2) is 8.42 Å². The van der Waals surface area contributed by atoms with Crippen LogP contribution in [-0.2, 0) is 25.3 Å². The molecule has 0 saturated carbocycles. The van der Waals surface area contributed by atoms with Crippen LogP contribution >= 0.6 is 11.8 Å². The van der Waals surface area contributed by atoms with Gasteiger partial charge in [-0.2, -0.15) is 16.1 Å². The number of hydrogen-bond donors (Lipinski definition) is 0. The molecule has 0 aliphatic rings. The fourth-order valence-corrected chi connectivity index (χ4v) is 6.69. The molecule has 3 rings (SSSR count). The number of rotatable bonds is 13. The highest BCUT2D eigenvalue weighted by Gasteiger charge is 2.36. The number of benzene rings is 3. The normalized spacial score (nSPS) is 12.5. The molecule has 0 saturated heterocycles. The van der Waals surface area contributed by atoms with E-state index in [4.69, 9.17) is 9.47 Å². The predicted molar refractivity (Wildman–Crippen MR) is 150 cm³/mol. The van der Waals surface area contributed by atoms with Crippen molar-refractivity contribution in [3.05, 3.63) is 84.4 Å². The van der Waals surface area contributed by atoms with Crippen molar-refractivity contribution in [1.29, 1.82) is 0 Å². The molecule has 0 aliphatic heterocycles. The van der Waals surface area contributed by atoms with Crippen LogP contribution in [0.3, 0.4) is 0 Å². The highest BCUT2D eigenvalue weighted by molar-refractivity contribution is 7.98. The smallest absolute Gasteiger partial charge is 0.324 e. The second-order valence-corrected chi connectivity index (χ2v) is 12.1. The fourth-order valence-electron chi connectivity index (χ4n) is 3.96. The summed E-state index contributed by atoms with van der Waals surface area (Å²) in [4.78, 5) is 12.9. The number of carbonyl (C=O) groups excluding carboxylic acids is 1. The fraction of sp³-hybridized carbons (Fsp3) is 0.345. The van der Waals surface area contributed by atoms with E-state index in [9.17, 15) is 13.2 Å². The van der Waals surface area contributed by atoms with Crippen LogP contribution in [0.5, 0.6) is 5.75 Å². The SMILES string of the molecule is COC(=O)C(CCSCc1ccc(-c2ccccc2)cc1)N(CC(C)C)S(=O)(=O)c1ccc(OC)cc1. The summed E-state index contributed by atoms with van der Waals surface area (Å²) in [5.74, 6) is 1.40. The topological polar surface area (TPSA) is 72.9 Å². The molecule has 3 aromatic carbocycles. The molecule has 1 unspecified atom stereocenters. The van der Waals surface area contributed by atoms with Gasteiger partial charge in [-0.1, -0.05) is 68.4 Å². The van der Waals surface area contributed by atoms with Gasteiger partial charge in [-0.3, -0.25) is 4.79 Å². The Morgan fingerprint density at radius 2 is 1.51 bits per heavy atom. The molecule has 0 aromatic heterocycles. The van der Waals surface area contributed by atoms with E-state index in [2.05, 4.69) is 36.4 Å². The zero-order chi connectivity index (χ0) is 26.8. The van der Waals surface area contributed by atoms with Crippen LogP contribution in [-0.4, -0.2) is 51.3 Å². The second kappa shape index (κ2) is 13.7. The first-order valence-electron chi connectivity index (χ1n) is 12.2. The minimum atomic E-state index is -3.93. The molecule has 0 bridgehead atoms. The number of sulfonamides is 1. The van der Waals surface area contributed by atoms with Crippen LogP contribution in [0.4, 0.5) is 0 Å². The first-order chi connectivity index (χ1) is 17.8. The van der Waals surface area contributed by atoms with Gasteiger partial charge in [0, 0.05) is 12.3 Å². The van der Waals surface area contributed by atoms with Gasteiger partial charge in [0.05, 0.1) is 19.1 Å². The van der Waals surface area contributed by atoms with Crippen LogP contribution in [0.1, 0.15) is 25.8 Å². The van der Waals surface area contributed by atoms with Crippen molar-refractivity contribution in [3.63, 3.8) is 0 Å². The Kier molecular flexibility index (Phi) is 10.6. The summed E-state index contributed by atoms with van der Waals surface area (Å²) in [7, 11) is -1.11. The maximum atomic E-state index is 13.6. The average molecular weight is 542 g/mol. The lowest BCUT2D eigenvalue weighted by atomic mass is 10.0. The van der Waals surface area contributed by atoms with Crippen LogP contribution in [0.25, 0.3) is 11.1 Å². The molecule has 1 atom stereocenters. The van der Waals surface area contributed by atoms with Crippen molar-refractivity contribution in [1.82, 2.24) is 4.31 Å². The van der Waals surface area contributed by atoms with E-state index >= 15 is 0 Å². The van der Waals surface area contributed by atoms with Gasteiger partial charge in [-0.05, 0) is 59.0 Å². The van der Waals surface area contributed by atoms with Crippen molar-refractivity contribution in [2.24, 2.45) is 5.92 Å². The van der Waals surface area contributed by atoms with Gasteiger partial charge in [-0.15, -0.1) is 0 Å². The Morgan fingerprint density at radius 1 is 0.892 bits per heavy atom. The maximum absolute atomic E-state index is 13.6. The first-order valence-corrected chi connectivity index (χ1v) is 14.8. The number of thioether (sulfide) groups is 1. The minimum Gasteiger partial charge on any atom is -0.497 e. The minimum absolute atomic E-state index is 0.0240. The van der Waals surface area contributed by atoms with E-state index in [1.54, 1.807) is 23.9 Å². The zero-order valence-electron chi connectivity index (χ0n) is 21.8. The van der Waals surface area contributed by atoms with Crippen LogP contribution in [0.15, 0.2) is 83.8 Å². The van der Waals surface area contributed by atoms with E-state index in [0.717, 1.165) is 11.3 Å². The van der Waals surface area contributed by atoms with Crippen molar-refractivity contribution < 1.29 is 22.7 Å². The van der Waals surface area contributed by atoms with Gasteiger partial charge < -0.3 is 9.47 Å². The Labute approximate surface area is 225 Å². The van der Waals surface area contributed by atoms with Gasteiger partial charge in [0.2, 0.25) is 10.0 Å². The number of carbonyl (C=O) groups is 1. The molecule has 0 spiro atoms. The average Bonchev–Trinajstić information content (AvgIpc) is 2.92. The predicted octanol–water partition coefficient (Wildman–Crippen LogP) is 5.87. The molecule has 0 amide bonds. The Balaban J connectivity index is 1.70.